The Balaban J connectivity index is 1.78. The number of para-hydroxylation sites is 1. The van der Waals surface area contributed by atoms with Gasteiger partial charge in [0.1, 0.15) is 0 Å². The Morgan fingerprint density at radius 3 is 2.34 bits per heavy atom. The molecule has 3 heterocycles. The molecule has 5 rings (SSSR count). The van der Waals surface area contributed by atoms with Crippen LogP contribution in [-0.2, 0) is 0 Å². The molecule has 6 heteroatoms. The summed E-state index contributed by atoms with van der Waals surface area (Å²) in [5.41, 5.74) is 3.75. The highest BCUT2D eigenvalue weighted by molar-refractivity contribution is 5.98. The summed E-state index contributed by atoms with van der Waals surface area (Å²) in [7, 11) is 0. The molecule has 1 aliphatic carbocycles. The molecule has 1 N–H and O–H groups in total. The van der Waals surface area contributed by atoms with Crippen molar-refractivity contribution in [2.45, 2.75) is 50.9 Å². The highest BCUT2D eigenvalue weighted by atomic mass is 16.4. The van der Waals surface area contributed by atoms with Gasteiger partial charge in [0.05, 0.1) is 22.5 Å². The van der Waals surface area contributed by atoms with Crippen molar-refractivity contribution in [1.29, 1.82) is 0 Å². The summed E-state index contributed by atoms with van der Waals surface area (Å²) < 4.78 is 1.84. The van der Waals surface area contributed by atoms with Crippen molar-refractivity contribution in [2.24, 2.45) is 0 Å². The van der Waals surface area contributed by atoms with Gasteiger partial charge in [-0.25, -0.2) is 14.5 Å². The number of benzene rings is 1. The predicted molar refractivity (Wildman–Crippen MR) is 113 cm³/mol. The Morgan fingerprint density at radius 1 is 1.00 bits per heavy atom. The van der Waals surface area contributed by atoms with Crippen LogP contribution in [0, 0.1) is 0 Å². The molecule has 2 fully saturated rings. The van der Waals surface area contributed by atoms with Gasteiger partial charge in [-0.05, 0) is 43.9 Å². The average Bonchev–Trinajstić information content (AvgIpc) is 2.88. The number of nitrogens with zero attached hydrogens (tertiary/aromatic N) is 4. The Bertz CT molecular complexity index is 1030. The van der Waals surface area contributed by atoms with Crippen molar-refractivity contribution in [2.75, 3.05) is 18.0 Å². The molecule has 0 spiro atoms. The number of hydrogen-bond acceptors (Lipinski definition) is 4. The van der Waals surface area contributed by atoms with Crippen LogP contribution < -0.4 is 4.90 Å². The summed E-state index contributed by atoms with van der Waals surface area (Å²) in [6.45, 7) is 1.91. The molecule has 1 saturated carbocycles. The fourth-order valence-corrected chi connectivity index (χ4v) is 4.51. The molecule has 1 aliphatic heterocycles. The van der Waals surface area contributed by atoms with E-state index in [1.807, 2.05) is 35.0 Å². The number of carboxylic acid groups (broad SMARTS) is 1. The van der Waals surface area contributed by atoms with Crippen LogP contribution in [0.2, 0.25) is 0 Å². The summed E-state index contributed by atoms with van der Waals surface area (Å²) in [5.74, 6) is -0.556. The van der Waals surface area contributed by atoms with E-state index < -0.39 is 5.97 Å². The summed E-state index contributed by atoms with van der Waals surface area (Å²) in [6, 6.07) is 11.7. The van der Waals surface area contributed by atoms with E-state index in [2.05, 4.69) is 9.88 Å². The molecule has 1 aromatic carbocycles. The Kier molecular flexibility index (Phi) is 4.70. The van der Waals surface area contributed by atoms with E-state index >= 15 is 0 Å². The topological polar surface area (TPSA) is 71.2 Å². The fraction of sp³-hybridized carbons (Fsp3) is 0.435. The number of anilines is 1. The Labute approximate surface area is 170 Å². The molecule has 2 aliphatic rings. The lowest BCUT2D eigenvalue weighted by atomic mass is 9.82. The van der Waals surface area contributed by atoms with Crippen LogP contribution in [0.5, 0.6) is 0 Å². The summed E-state index contributed by atoms with van der Waals surface area (Å²) >= 11 is 0. The zero-order valence-electron chi connectivity index (χ0n) is 16.5. The van der Waals surface area contributed by atoms with Crippen LogP contribution in [-0.4, -0.2) is 38.9 Å². The van der Waals surface area contributed by atoms with Crippen molar-refractivity contribution in [1.82, 2.24) is 14.8 Å². The largest absolute Gasteiger partial charge is 0.477 e. The summed E-state index contributed by atoms with van der Waals surface area (Å²) in [4.78, 5) is 18.8. The van der Waals surface area contributed by atoms with Gasteiger partial charge in [-0.2, -0.15) is 5.10 Å². The van der Waals surface area contributed by atoms with Crippen LogP contribution in [0.4, 0.5) is 5.69 Å². The third kappa shape index (κ3) is 3.26. The monoisotopic (exact) mass is 390 g/mol. The van der Waals surface area contributed by atoms with Crippen molar-refractivity contribution in [3.05, 3.63) is 47.8 Å². The van der Waals surface area contributed by atoms with Crippen molar-refractivity contribution < 1.29 is 9.90 Å². The highest BCUT2D eigenvalue weighted by Crippen LogP contribution is 2.43. The first kappa shape index (κ1) is 18.2. The SMILES string of the molecule is O=C(O)c1cc(N2CCCCCC2)c2c(C3CCC3)nn(-c3ccccc3)c2n1. The molecule has 0 radical (unpaired) electrons. The van der Waals surface area contributed by atoms with Crippen LogP contribution in [0.25, 0.3) is 16.7 Å². The van der Waals surface area contributed by atoms with Gasteiger partial charge in [0.25, 0.3) is 0 Å². The number of hydrogen-bond donors (Lipinski definition) is 1. The first-order valence-corrected chi connectivity index (χ1v) is 10.7. The van der Waals surface area contributed by atoms with E-state index in [4.69, 9.17) is 5.10 Å². The highest BCUT2D eigenvalue weighted by Gasteiger charge is 2.30. The number of pyridine rings is 1. The molecular weight excluding hydrogens is 364 g/mol. The van der Waals surface area contributed by atoms with Crippen LogP contribution >= 0.6 is 0 Å². The Morgan fingerprint density at radius 2 is 1.72 bits per heavy atom. The van der Waals surface area contributed by atoms with E-state index in [1.54, 1.807) is 6.07 Å². The number of fused-ring (bicyclic) bond motifs is 1. The maximum atomic E-state index is 11.9. The summed E-state index contributed by atoms with van der Waals surface area (Å²) in [6.07, 6.45) is 8.24. The minimum atomic E-state index is -0.992. The standard InChI is InChI=1S/C23H26N4O2/c28-23(29)18-15-19(26-13-6-1-2-7-14-26)20-21(16-9-8-10-16)25-27(22(20)24-18)17-11-4-3-5-12-17/h3-5,11-12,15-16H,1-2,6-10,13-14H2,(H,28,29). The quantitative estimate of drug-likeness (QED) is 0.695. The molecular formula is C23H26N4O2. The molecule has 2 aromatic heterocycles. The number of aromatic carboxylic acids is 1. The molecule has 6 nitrogen and oxygen atoms in total. The van der Waals surface area contributed by atoms with Gasteiger partial charge in [-0.15, -0.1) is 0 Å². The molecule has 29 heavy (non-hydrogen) atoms. The second-order valence-electron chi connectivity index (χ2n) is 8.19. The van der Waals surface area contributed by atoms with Gasteiger partial charge in [0, 0.05) is 19.0 Å². The number of rotatable bonds is 4. The molecule has 0 atom stereocenters. The van der Waals surface area contributed by atoms with Crippen molar-refractivity contribution >= 4 is 22.7 Å². The smallest absolute Gasteiger partial charge is 0.354 e. The first-order valence-electron chi connectivity index (χ1n) is 10.7. The van der Waals surface area contributed by atoms with Crippen LogP contribution in [0.1, 0.15) is 67.0 Å². The van der Waals surface area contributed by atoms with Crippen molar-refractivity contribution in [3.63, 3.8) is 0 Å². The molecule has 0 amide bonds. The van der Waals surface area contributed by atoms with E-state index in [0.717, 1.165) is 61.2 Å². The van der Waals surface area contributed by atoms with Gasteiger partial charge in [-0.3, -0.25) is 0 Å². The average molecular weight is 390 g/mol. The first-order chi connectivity index (χ1) is 14.2. The zero-order chi connectivity index (χ0) is 19.8. The van der Waals surface area contributed by atoms with Gasteiger partial charge in [0.2, 0.25) is 0 Å². The third-order valence-corrected chi connectivity index (χ3v) is 6.30. The van der Waals surface area contributed by atoms with E-state index in [-0.39, 0.29) is 5.69 Å². The Hall–Kier alpha value is -2.89. The second-order valence-corrected chi connectivity index (χ2v) is 8.19. The maximum Gasteiger partial charge on any atom is 0.354 e. The minimum absolute atomic E-state index is 0.0917. The molecule has 0 bridgehead atoms. The lowest BCUT2D eigenvalue weighted by Gasteiger charge is -2.27. The number of carboxylic acids is 1. The van der Waals surface area contributed by atoms with E-state index in [1.165, 1.54) is 19.3 Å². The lowest BCUT2D eigenvalue weighted by Crippen LogP contribution is -2.25. The minimum Gasteiger partial charge on any atom is -0.477 e. The predicted octanol–water partition coefficient (Wildman–Crippen LogP) is 4.77. The van der Waals surface area contributed by atoms with E-state index in [0.29, 0.717) is 11.6 Å². The molecule has 1 saturated heterocycles. The number of carbonyl (C=O) groups is 1. The molecule has 150 valence electrons. The molecule has 0 unspecified atom stereocenters. The maximum absolute atomic E-state index is 11.9. The number of aromatic nitrogens is 3. The van der Waals surface area contributed by atoms with E-state index in [9.17, 15) is 9.90 Å². The van der Waals surface area contributed by atoms with Gasteiger partial charge in [0.15, 0.2) is 11.3 Å². The van der Waals surface area contributed by atoms with Crippen LogP contribution in [0.3, 0.4) is 0 Å². The third-order valence-electron chi connectivity index (χ3n) is 6.30. The van der Waals surface area contributed by atoms with Gasteiger partial charge < -0.3 is 10.0 Å². The zero-order valence-corrected chi connectivity index (χ0v) is 16.5. The van der Waals surface area contributed by atoms with Crippen molar-refractivity contribution in [3.8, 4) is 5.69 Å². The summed E-state index contributed by atoms with van der Waals surface area (Å²) in [5, 5.41) is 15.8. The lowest BCUT2D eigenvalue weighted by molar-refractivity contribution is 0.0691. The second kappa shape index (κ2) is 7.50. The van der Waals surface area contributed by atoms with Gasteiger partial charge in [-0.1, -0.05) is 37.5 Å². The molecule has 3 aromatic rings. The van der Waals surface area contributed by atoms with Crippen LogP contribution in [0.15, 0.2) is 36.4 Å². The van der Waals surface area contributed by atoms with Gasteiger partial charge >= 0.3 is 5.97 Å². The fourth-order valence-electron chi connectivity index (χ4n) is 4.51. The normalized spacial score (nSPS) is 17.9.